The largest absolute Gasteiger partial charge is 0.498 e. The Hall–Kier alpha value is -1.49. The lowest BCUT2D eigenvalue weighted by molar-refractivity contribution is -0.137. The average Bonchev–Trinajstić information content (AvgIpc) is 2.69. The summed E-state index contributed by atoms with van der Waals surface area (Å²) in [5, 5.41) is 0. The molecule has 2 nitrogen and oxygen atoms in total. The fraction of sp³-hybridized carbons (Fsp3) is 0.385. The van der Waals surface area contributed by atoms with Crippen LogP contribution in [0.15, 0.2) is 30.0 Å². The Bertz CT molecular complexity index is 477. The Morgan fingerprint density at radius 3 is 2.67 bits per heavy atom. The van der Waals surface area contributed by atoms with Crippen molar-refractivity contribution in [1.29, 1.82) is 0 Å². The summed E-state index contributed by atoms with van der Waals surface area (Å²) >= 11 is 0. The minimum absolute atomic E-state index is 0.223. The van der Waals surface area contributed by atoms with Crippen molar-refractivity contribution >= 4 is 5.57 Å². The molecule has 1 aliphatic heterocycles. The molecule has 0 fully saturated rings. The van der Waals surface area contributed by atoms with E-state index in [1.807, 2.05) is 0 Å². The normalized spacial score (nSPS) is 20.4. The van der Waals surface area contributed by atoms with Gasteiger partial charge in [-0.2, -0.15) is 13.2 Å². The minimum Gasteiger partial charge on any atom is -0.498 e. The monoisotopic (exact) mass is 258 g/mol. The van der Waals surface area contributed by atoms with Crippen LogP contribution in [0, 0.1) is 0 Å². The molecule has 0 aliphatic carbocycles. The van der Waals surface area contributed by atoms with Gasteiger partial charge < -0.3 is 9.47 Å². The molecular weight excluding hydrogens is 245 g/mol. The van der Waals surface area contributed by atoms with Gasteiger partial charge in [-0.1, -0.05) is 12.1 Å². The van der Waals surface area contributed by atoms with Crippen molar-refractivity contribution in [3.8, 4) is 0 Å². The molecule has 0 radical (unpaired) electrons. The van der Waals surface area contributed by atoms with E-state index in [1.165, 1.54) is 13.2 Å². The minimum atomic E-state index is -4.34. The Morgan fingerprint density at radius 2 is 2.06 bits per heavy atom. The molecule has 0 aromatic heterocycles. The maximum absolute atomic E-state index is 12.6. The Kier molecular flexibility index (Phi) is 3.34. The van der Waals surface area contributed by atoms with E-state index in [1.54, 1.807) is 13.0 Å². The summed E-state index contributed by atoms with van der Waals surface area (Å²) in [5.41, 5.74) is 0.504. The van der Waals surface area contributed by atoms with Crippen molar-refractivity contribution in [2.45, 2.75) is 19.2 Å². The summed E-state index contributed by atoms with van der Waals surface area (Å²) < 4.78 is 48.5. The van der Waals surface area contributed by atoms with E-state index in [2.05, 4.69) is 0 Å². The number of methoxy groups -OCH3 is 1. The Labute approximate surface area is 103 Å². The summed E-state index contributed by atoms with van der Waals surface area (Å²) in [5.74, 6) is 0.592. The fourth-order valence-electron chi connectivity index (χ4n) is 2.00. The first kappa shape index (κ1) is 13.0. The van der Waals surface area contributed by atoms with E-state index in [-0.39, 0.29) is 12.7 Å². The van der Waals surface area contributed by atoms with Crippen molar-refractivity contribution in [1.82, 2.24) is 0 Å². The molecule has 0 saturated heterocycles. The van der Waals surface area contributed by atoms with Gasteiger partial charge in [0, 0.05) is 5.57 Å². The van der Waals surface area contributed by atoms with E-state index in [9.17, 15) is 13.2 Å². The third-order valence-corrected chi connectivity index (χ3v) is 2.90. The maximum atomic E-state index is 12.6. The van der Waals surface area contributed by atoms with E-state index in [0.717, 1.165) is 12.1 Å². The van der Waals surface area contributed by atoms with Crippen LogP contribution in [-0.2, 0) is 15.7 Å². The second-order valence-corrected chi connectivity index (χ2v) is 4.08. The van der Waals surface area contributed by atoms with Crippen LogP contribution in [0.5, 0.6) is 0 Å². The molecule has 0 N–H and O–H groups in total. The average molecular weight is 258 g/mol. The lowest BCUT2D eigenvalue weighted by Crippen LogP contribution is -2.06. The van der Waals surface area contributed by atoms with Gasteiger partial charge >= 0.3 is 6.18 Å². The quantitative estimate of drug-likeness (QED) is 0.808. The van der Waals surface area contributed by atoms with Gasteiger partial charge in [-0.15, -0.1) is 0 Å². The number of hydrogen-bond donors (Lipinski definition) is 0. The van der Waals surface area contributed by atoms with Gasteiger partial charge in [0.25, 0.3) is 0 Å². The van der Waals surface area contributed by atoms with Gasteiger partial charge in [-0.3, -0.25) is 0 Å². The summed E-state index contributed by atoms with van der Waals surface area (Å²) in [6, 6.07) is 5.19. The zero-order valence-electron chi connectivity index (χ0n) is 10.0. The number of benzene rings is 1. The van der Waals surface area contributed by atoms with Crippen molar-refractivity contribution in [3.63, 3.8) is 0 Å². The van der Waals surface area contributed by atoms with E-state index in [0.29, 0.717) is 16.9 Å². The number of rotatable bonds is 2. The smallest absolute Gasteiger partial charge is 0.416 e. The molecule has 0 bridgehead atoms. The van der Waals surface area contributed by atoms with Crippen LogP contribution in [-0.4, -0.2) is 19.8 Å². The molecule has 1 aromatic carbocycles. The second-order valence-electron chi connectivity index (χ2n) is 4.08. The highest BCUT2D eigenvalue weighted by Gasteiger charge is 2.32. The third kappa shape index (κ3) is 2.36. The van der Waals surface area contributed by atoms with Crippen molar-refractivity contribution < 1.29 is 22.6 Å². The van der Waals surface area contributed by atoms with Gasteiger partial charge in [-0.05, 0) is 24.6 Å². The Balaban J connectivity index is 2.43. The van der Waals surface area contributed by atoms with Crippen LogP contribution < -0.4 is 0 Å². The molecule has 0 saturated carbocycles. The summed E-state index contributed by atoms with van der Waals surface area (Å²) in [6.07, 6.45) is -4.56. The van der Waals surface area contributed by atoms with Gasteiger partial charge in [-0.25, -0.2) is 0 Å². The van der Waals surface area contributed by atoms with Crippen molar-refractivity contribution in [3.05, 3.63) is 41.2 Å². The first-order valence-electron chi connectivity index (χ1n) is 5.49. The highest BCUT2D eigenvalue weighted by atomic mass is 19.4. The zero-order valence-corrected chi connectivity index (χ0v) is 10.0. The first-order chi connectivity index (χ1) is 8.43. The summed E-state index contributed by atoms with van der Waals surface area (Å²) in [4.78, 5) is 0. The summed E-state index contributed by atoms with van der Waals surface area (Å²) in [7, 11) is 1.49. The predicted octanol–water partition coefficient (Wildman–Crippen LogP) is 3.48. The van der Waals surface area contributed by atoms with Crippen molar-refractivity contribution in [2.24, 2.45) is 0 Å². The number of hydrogen-bond acceptors (Lipinski definition) is 2. The predicted molar refractivity (Wildman–Crippen MR) is 60.8 cm³/mol. The molecule has 0 spiro atoms. The van der Waals surface area contributed by atoms with Crippen LogP contribution in [0.1, 0.15) is 18.1 Å². The number of alkyl halides is 3. The zero-order chi connectivity index (χ0) is 13.3. The van der Waals surface area contributed by atoms with E-state index < -0.39 is 11.7 Å². The fourth-order valence-corrected chi connectivity index (χ4v) is 2.00. The van der Waals surface area contributed by atoms with Crippen LogP contribution in [0.4, 0.5) is 13.2 Å². The molecule has 1 aliphatic rings. The van der Waals surface area contributed by atoms with Gasteiger partial charge in [0.15, 0.2) is 0 Å². The molecule has 1 unspecified atom stereocenters. The molecule has 1 atom stereocenters. The lowest BCUT2D eigenvalue weighted by atomic mass is 10.0. The second kappa shape index (κ2) is 4.65. The SMILES string of the molecule is COC1=C(c2cccc(C(F)(F)F)c2)COC1C. The van der Waals surface area contributed by atoms with E-state index >= 15 is 0 Å². The number of halogens is 3. The number of ether oxygens (including phenoxy) is 2. The molecule has 2 rings (SSSR count). The third-order valence-electron chi connectivity index (χ3n) is 2.90. The maximum Gasteiger partial charge on any atom is 0.416 e. The highest BCUT2D eigenvalue weighted by Crippen LogP contribution is 2.34. The highest BCUT2D eigenvalue weighted by molar-refractivity contribution is 5.71. The van der Waals surface area contributed by atoms with Crippen LogP contribution in [0.3, 0.4) is 0 Å². The molecule has 98 valence electrons. The topological polar surface area (TPSA) is 18.5 Å². The van der Waals surface area contributed by atoms with Gasteiger partial charge in [0.1, 0.15) is 11.9 Å². The molecule has 0 amide bonds. The van der Waals surface area contributed by atoms with Crippen LogP contribution in [0.25, 0.3) is 5.57 Å². The lowest BCUT2D eigenvalue weighted by Gasteiger charge is -2.10. The van der Waals surface area contributed by atoms with Crippen LogP contribution >= 0.6 is 0 Å². The molecule has 1 heterocycles. The summed E-state index contributed by atoms with van der Waals surface area (Å²) in [6.45, 7) is 2.07. The molecule has 18 heavy (non-hydrogen) atoms. The van der Waals surface area contributed by atoms with Gasteiger partial charge in [0.2, 0.25) is 0 Å². The molecule has 5 heteroatoms. The van der Waals surface area contributed by atoms with Gasteiger partial charge in [0.05, 0.1) is 19.3 Å². The molecular formula is C13H13F3O2. The van der Waals surface area contributed by atoms with Crippen LogP contribution in [0.2, 0.25) is 0 Å². The standard InChI is InChI=1S/C13H13F3O2/c1-8-12(17-2)11(7-18-8)9-4-3-5-10(6-9)13(14,15)16/h3-6,8H,7H2,1-2H3. The first-order valence-corrected chi connectivity index (χ1v) is 5.49. The molecule has 1 aromatic rings. The van der Waals surface area contributed by atoms with Crippen molar-refractivity contribution in [2.75, 3.05) is 13.7 Å². The van der Waals surface area contributed by atoms with E-state index in [4.69, 9.17) is 9.47 Å². The Morgan fingerprint density at radius 1 is 1.33 bits per heavy atom.